The molecule has 3 aromatic rings. The number of hydrogen-bond acceptors (Lipinski definition) is 4. The molecule has 6 nitrogen and oxygen atoms in total. The Labute approximate surface area is 150 Å². The van der Waals surface area contributed by atoms with E-state index in [1.807, 2.05) is 0 Å². The lowest BCUT2D eigenvalue weighted by Gasteiger charge is -2.14. The van der Waals surface area contributed by atoms with E-state index < -0.39 is 11.5 Å². The van der Waals surface area contributed by atoms with Gasteiger partial charge in [0.05, 0.1) is 12.6 Å². The number of carbonyl (C=O) groups excluding carboxylic acids is 1. The van der Waals surface area contributed by atoms with Crippen LogP contribution in [0.3, 0.4) is 0 Å². The Kier molecular flexibility index (Phi) is 4.75. The summed E-state index contributed by atoms with van der Waals surface area (Å²) in [4.78, 5) is 25.5. The van der Waals surface area contributed by atoms with Crippen LogP contribution >= 0.6 is 0 Å². The Balaban J connectivity index is 2.13. The number of aromatic nitrogens is 1. The van der Waals surface area contributed by atoms with Crippen molar-refractivity contribution in [2.45, 2.75) is 6.54 Å². The summed E-state index contributed by atoms with van der Waals surface area (Å²) in [7, 11) is 1.52. The standard InChI is InChI=1S/C20H18N2O4/c1-3-11-22-16-10-5-4-9-15(16)18(23)17(20(22)25)19(24)21-13-7-6-8-14(12-13)26-2/h3-10,12,23H,1,11H2,2H3,(H,21,24). The van der Waals surface area contributed by atoms with Gasteiger partial charge in [0.25, 0.3) is 11.5 Å². The zero-order valence-electron chi connectivity index (χ0n) is 14.2. The summed E-state index contributed by atoms with van der Waals surface area (Å²) in [6, 6.07) is 13.6. The molecule has 0 saturated heterocycles. The molecule has 0 saturated carbocycles. The van der Waals surface area contributed by atoms with Crippen molar-refractivity contribution in [3.05, 3.63) is 77.1 Å². The van der Waals surface area contributed by atoms with Gasteiger partial charge in [0.2, 0.25) is 0 Å². The summed E-state index contributed by atoms with van der Waals surface area (Å²) in [5.74, 6) is -0.467. The van der Waals surface area contributed by atoms with Crippen molar-refractivity contribution in [1.82, 2.24) is 4.57 Å². The molecule has 0 spiro atoms. The fraction of sp³-hybridized carbons (Fsp3) is 0.100. The minimum atomic E-state index is -0.690. The highest BCUT2D eigenvalue weighted by Gasteiger charge is 2.22. The molecule has 0 atom stereocenters. The van der Waals surface area contributed by atoms with Crippen molar-refractivity contribution >= 4 is 22.5 Å². The molecule has 2 N–H and O–H groups in total. The maximum absolute atomic E-state index is 12.8. The average Bonchev–Trinajstić information content (AvgIpc) is 2.65. The number of ether oxygens (including phenoxy) is 1. The monoisotopic (exact) mass is 350 g/mol. The summed E-state index contributed by atoms with van der Waals surface area (Å²) in [6.45, 7) is 3.87. The molecular formula is C20H18N2O4. The van der Waals surface area contributed by atoms with Gasteiger partial charge in [0.15, 0.2) is 0 Å². The quantitative estimate of drug-likeness (QED) is 0.693. The van der Waals surface area contributed by atoms with E-state index in [4.69, 9.17) is 4.74 Å². The minimum Gasteiger partial charge on any atom is -0.506 e. The van der Waals surface area contributed by atoms with Crippen LogP contribution in [-0.2, 0) is 6.54 Å². The maximum Gasteiger partial charge on any atom is 0.268 e. The number of aromatic hydroxyl groups is 1. The lowest BCUT2D eigenvalue weighted by atomic mass is 10.1. The number of rotatable bonds is 5. The molecule has 3 rings (SSSR count). The molecular weight excluding hydrogens is 332 g/mol. The first-order valence-electron chi connectivity index (χ1n) is 7.97. The molecule has 132 valence electrons. The highest BCUT2D eigenvalue weighted by atomic mass is 16.5. The van der Waals surface area contributed by atoms with Gasteiger partial charge in [0, 0.05) is 23.7 Å². The van der Waals surface area contributed by atoms with Crippen molar-refractivity contribution in [1.29, 1.82) is 0 Å². The zero-order valence-corrected chi connectivity index (χ0v) is 14.2. The fourth-order valence-electron chi connectivity index (χ4n) is 2.80. The molecule has 1 heterocycles. The van der Waals surface area contributed by atoms with E-state index in [0.717, 1.165) is 0 Å². The van der Waals surface area contributed by atoms with Gasteiger partial charge in [-0.15, -0.1) is 6.58 Å². The molecule has 1 amide bonds. The highest BCUT2D eigenvalue weighted by Crippen LogP contribution is 2.27. The Bertz CT molecular complexity index is 1050. The summed E-state index contributed by atoms with van der Waals surface area (Å²) >= 11 is 0. The lowest BCUT2D eigenvalue weighted by molar-refractivity contribution is 0.102. The van der Waals surface area contributed by atoms with E-state index in [1.54, 1.807) is 54.6 Å². The van der Waals surface area contributed by atoms with Crippen molar-refractivity contribution in [3.8, 4) is 11.5 Å². The predicted molar refractivity (Wildman–Crippen MR) is 101 cm³/mol. The van der Waals surface area contributed by atoms with Crippen LogP contribution < -0.4 is 15.6 Å². The number of nitrogens with zero attached hydrogens (tertiary/aromatic N) is 1. The second kappa shape index (κ2) is 7.14. The van der Waals surface area contributed by atoms with Crippen molar-refractivity contribution in [2.75, 3.05) is 12.4 Å². The van der Waals surface area contributed by atoms with Gasteiger partial charge in [0.1, 0.15) is 17.1 Å². The van der Waals surface area contributed by atoms with Crippen LogP contribution in [0, 0.1) is 0 Å². The Morgan fingerprint density at radius 1 is 1.27 bits per heavy atom. The molecule has 2 aromatic carbocycles. The number of nitrogens with one attached hydrogen (secondary N) is 1. The van der Waals surface area contributed by atoms with Gasteiger partial charge < -0.3 is 19.7 Å². The molecule has 0 aliphatic heterocycles. The Morgan fingerprint density at radius 3 is 2.77 bits per heavy atom. The van der Waals surface area contributed by atoms with Gasteiger partial charge in [-0.2, -0.15) is 0 Å². The van der Waals surface area contributed by atoms with Gasteiger partial charge in [-0.1, -0.05) is 24.3 Å². The average molecular weight is 350 g/mol. The predicted octanol–water partition coefficient (Wildman–Crippen LogP) is 3.15. The first-order chi connectivity index (χ1) is 12.6. The lowest BCUT2D eigenvalue weighted by Crippen LogP contribution is -2.29. The number of fused-ring (bicyclic) bond motifs is 1. The van der Waals surface area contributed by atoms with E-state index in [-0.39, 0.29) is 17.9 Å². The highest BCUT2D eigenvalue weighted by molar-refractivity contribution is 6.09. The largest absolute Gasteiger partial charge is 0.506 e. The van der Waals surface area contributed by atoms with Crippen LogP contribution in [0.25, 0.3) is 10.9 Å². The van der Waals surface area contributed by atoms with Crippen LogP contribution in [0.4, 0.5) is 5.69 Å². The normalized spacial score (nSPS) is 10.5. The summed E-state index contributed by atoms with van der Waals surface area (Å²) < 4.78 is 6.53. The van der Waals surface area contributed by atoms with Gasteiger partial charge in [-0.25, -0.2) is 0 Å². The molecule has 0 aliphatic carbocycles. The van der Waals surface area contributed by atoms with Gasteiger partial charge in [-0.3, -0.25) is 9.59 Å². The summed E-state index contributed by atoms with van der Waals surface area (Å²) in [6.07, 6.45) is 1.56. The number of para-hydroxylation sites is 1. The number of methoxy groups -OCH3 is 1. The first kappa shape index (κ1) is 17.3. The van der Waals surface area contributed by atoms with Crippen molar-refractivity contribution in [2.24, 2.45) is 0 Å². The number of anilines is 1. The third-order valence-electron chi connectivity index (χ3n) is 4.01. The summed E-state index contributed by atoms with van der Waals surface area (Å²) in [5.41, 5.74) is 0.0966. The van der Waals surface area contributed by atoms with E-state index in [0.29, 0.717) is 22.3 Å². The third-order valence-corrected chi connectivity index (χ3v) is 4.01. The SMILES string of the molecule is C=CCn1c(=O)c(C(=O)Nc2cccc(OC)c2)c(O)c2ccccc21. The van der Waals surface area contributed by atoms with Crippen LogP contribution in [-0.4, -0.2) is 22.7 Å². The van der Waals surface area contributed by atoms with Crippen LogP contribution in [0.15, 0.2) is 66.0 Å². The second-order valence-electron chi connectivity index (χ2n) is 5.63. The first-order valence-corrected chi connectivity index (χ1v) is 7.97. The Hall–Kier alpha value is -3.54. The fourth-order valence-corrected chi connectivity index (χ4v) is 2.80. The molecule has 0 bridgehead atoms. The van der Waals surface area contributed by atoms with Crippen LogP contribution in [0.5, 0.6) is 11.5 Å². The van der Waals surface area contributed by atoms with Crippen molar-refractivity contribution in [3.63, 3.8) is 0 Å². The smallest absolute Gasteiger partial charge is 0.268 e. The maximum atomic E-state index is 12.8. The molecule has 0 unspecified atom stereocenters. The van der Waals surface area contributed by atoms with Gasteiger partial charge >= 0.3 is 0 Å². The van der Waals surface area contributed by atoms with E-state index in [1.165, 1.54) is 11.7 Å². The number of amides is 1. The number of allylic oxidation sites excluding steroid dienone is 1. The van der Waals surface area contributed by atoms with Crippen LogP contribution in [0.2, 0.25) is 0 Å². The number of pyridine rings is 1. The number of benzene rings is 2. The molecule has 1 aromatic heterocycles. The van der Waals surface area contributed by atoms with Gasteiger partial charge in [-0.05, 0) is 24.3 Å². The topological polar surface area (TPSA) is 80.6 Å². The minimum absolute atomic E-state index is 0.221. The second-order valence-corrected chi connectivity index (χ2v) is 5.63. The van der Waals surface area contributed by atoms with E-state index >= 15 is 0 Å². The number of hydrogen-bond donors (Lipinski definition) is 2. The molecule has 26 heavy (non-hydrogen) atoms. The molecule has 0 radical (unpaired) electrons. The van der Waals surface area contributed by atoms with Crippen LogP contribution in [0.1, 0.15) is 10.4 Å². The van der Waals surface area contributed by atoms with Crippen molar-refractivity contribution < 1.29 is 14.6 Å². The third kappa shape index (κ3) is 3.04. The summed E-state index contributed by atoms with van der Waals surface area (Å²) in [5, 5.41) is 13.6. The molecule has 0 aliphatic rings. The molecule has 0 fully saturated rings. The van der Waals surface area contributed by atoms with E-state index in [2.05, 4.69) is 11.9 Å². The Morgan fingerprint density at radius 2 is 2.04 bits per heavy atom. The zero-order chi connectivity index (χ0) is 18.7. The number of carbonyl (C=O) groups is 1. The molecule has 6 heteroatoms. The van der Waals surface area contributed by atoms with E-state index in [9.17, 15) is 14.7 Å².